The van der Waals surface area contributed by atoms with Crippen LogP contribution in [-0.2, 0) is 0 Å². The van der Waals surface area contributed by atoms with Crippen molar-refractivity contribution >= 4 is 40.9 Å². The first-order valence-electron chi connectivity index (χ1n) is 6.85. The average Bonchev–Trinajstić information content (AvgIpc) is 2.51. The first-order valence-corrected chi connectivity index (χ1v) is 8.78. The van der Waals surface area contributed by atoms with Gasteiger partial charge in [-0.05, 0) is 48.0 Å². The minimum absolute atomic E-state index is 0.358. The Morgan fingerprint density at radius 2 is 1.90 bits per heavy atom. The molecule has 0 bridgehead atoms. The number of benzene rings is 2. The molecule has 0 saturated carbocycles. The number of hydrogen-bond acceptors (Lipinski definition) is 2. The van der Waals surface area contributed by atoms with Gasteiger partial charge in [-0.15, -0.1) is 0 Å². The molecule has 1 nitrogen and oxygen atoms in total. The van der Waals surface area contributed by atoms with Crippen LogP contribution in [0.15, 0.2) is 46.9 Å². The maximum atomic E-state index is 6.18. The van der Waals surface area contributed by atoms with Gasteiger partial charge in [-0.3, -0.25) is 0 Å². The summed E-state index contributed by atoms with van der Waals surface area (Å²) < 4.78 is 4.57. The molecule has 0 fully saturated rings. The average molecular weight is 336 g/mol. The van der Waals surface area contributed by atoms with E-state index in [2.05, 4.69) is 34.7 Å². The largest absolute Gasteiger partial charge is 0.221 e. The molecule has 0 aromatic heterocycles. The summed E-state index contributed by atoms with van der Waals surface area (Å²) in [5, 5.41) is 1.23. The summed E-state index contributed by atoms with van der Waals surface area (Å²) in [7, 11) is 0. The molecule has 0 amide bonds. The lowest BCUT2D eigenvalue weighted by Crippen LogP contribution is -2.17. The Labute approximate surface area is 139 Å². The maximum Gasteiger partial charge on any atom is 0.0595 e. The van der Waals surface area contributed by atoms with Crippen LogP contribution in [0.25, 0.3) is 0 Å². The third kappa shape index (κ3) is 2.98. The Hall–Kier alpha value is -0.960. The lowest BCUT2D eigenvalue weighted by molar-refractivity contribution is 0.724. The van der Waals surface area contributed by atoms with Crippen molar-refractivity contribution in [3.8, 4) is 0 Å². The lowest BCUT2D eigenvalue weighted by atomic mass is 9.78. The molecule has 3 rings (SSSR count). The Bertz CT molecular complexity index is 697. The van der Waals surface area contributed by atoms with Gasteiger partial charge in [0.2, 0.25) is 0 Å². The minimum Gasteiger partial charge on any atom is -0.221 e. The molecule has 21 heavy (non-hydrogen) atoms. The SMILES string of the molecule is CS/N=C1\CC[C@@H](c2ccc(Cl)c(Cl)c2)c2ccccc21. The van der Waals surface area contributed by atoms with Crippen molar-refractivity contribution in [1.29, 1.82) is 0 Å². The second kappa shape index (κ2) is 6.43. The van der Waals surface area contributed by atoms with E-state index in [1.54, 1.807) is 0 Å². The molecule has 1 aliphatic carbocycles. The summed E-state index contributed by atoms with van der Waals surface area (Å²) in [6.07, 6.45) is 4.04. The molecule has 108 valence electrons. The molecule has 0 unspecified atom stereocenters. The smallest absolute Gasteiger partial charge is 0.0595 e. The number of rotatable bonds is 2. The Balaban J connectivity index is 2.07. The highest BCUT2D eigenvalue weighted by atomic mass is 35.5. The van der Waals surface area contributed by atoms with Gasteiger partial charge >= 0.3 is 0 Å². The van der Waals surface area contributed by atoms with Gasteiger partial charge in [0.25, 0.3) is 0 Å². The van der Waals surface area contributed by atoms with Crippen LogP contribution in [0.1, 0.15) is 35.4 Å². The highest BCUT2D eigenvalue weighted by Crippen LogP contribution is 2.39. The summed E-state index contributed by atoms with van der Waals surface area (Å²) in [4.78, 5) is 0. The van der Waals surface area contributed by atoms with E-state index in [0.717, 1.165) is 12.8 Å². The van der Waals surface area contributed by atoms with Crippen LogP contribution < -0.4 is 0 Å². The van der Waals surface area contributed by atoms with Gasteiger partial charge in [0.1, 0.15) is 0 Å². The molecule has 0 aliphatic heterocycles. The fraction of sp³-hybridized carbons (Fsp3) is 0.235. The van der Waals surface area contributed by atoms with Gasteiger partial charge in [-0.25, -0.2) is 4.40 Å². The van der Waals surface area contributed by atoms with Crippen molar-refractivity contribution in [3.63, 3.8) is 0 Å². The van der Waals surface area contributed by atoms with Crippen molar-refractivity contribution in [2.45, 2.75) is 18.8 Å². The molecule has 0 saturated heterocycles. The summed E-state index contributed by atoms with van der Waals surface area (Å²) in [6, 6.07) is 14.5. The number of fused-ring (bicyclic) bond motifs is 1. The van der Waals surface area contributed by atoms with E-state index >= 15 is 0 Å². The first-order chi connectivity index (χ1) is 10.2. The van der Waals surface area contributed by atoms with Crippen LogP contribution in [0.3, 0.4) is 0 Å². The molecule has 1 aliphatic rings. The summed E-state index contributed by atoms with van der Waals surface area (Å²) in [5.41, 5.74) is 5.00. The van der Waals surface area contributed by atoms with Gasteiger partial charge in [0, 0.05) is 17.7 Å². The van der Waals surface area contributed by atoms with Crippen molar-refractivity contribution in [3.05, 3.63) is 69.2 Å². The van der Waals surface area contributed by atoms with Gasteiger partial charge in [0.15, 0.2) is 0 Å². The number of nitrogens with zero attached hydrogens (tertiary/aromatic N) is 1. The van der Waals surface area contributed by atoms with E-state index in [-0.39, 0.29) is 0 Å². The van der Waals surface area contributed by atoms with Crippen LogP contribution in [0.5, 0.6) is 0 Å². The van der Waals surface area contributed by atoms with E-state index < -0.39 is 0 Å². The molecule has 0 heterocycles. The molecular weight excluding hydrogens is 321 g/mol. The predicted molar refractivity (Wildman–Crippen MR) is 94.0 cm³/mol. The van der Waals surface area contributed by atoms with E-state index in [0.29, 0.717) is 16.0 Å². The van der Waals surface area contributed by atoms with Gasteiger partial charge in [0.05, 0.1) is 15.8 Å². The lowest BCUT2D eigenvalue weighted by Gasteiger charge is -2.27. The van der Waals surface area contributed by atoms with E-state index in [1.165, 1.54) is 34.3 Å². The molecule has 2 aromatic carbocycles. The van der Waals surface area contributed by atoms with Crippen molar-refractivity contribution < 1.29 is 0 Å². The number of halogens is 2. The van der Waals surface area contributed by atoms with Crippen LogP contribution >= 0.6 is 35.1 Å². The molecule has 0 radical (unpaired) electrons. The standard InChI is InChI=1S/C17H15Cl2NS/c1-21-20-17-9-7-12(13-4-2-3-5-14(13)17)11-6-8-15(18)16(19)10-11/h2-6,8,10,12H,7,9H2,1H3/b20-17+/t12-/m0/s1. The Morgan fingerprint density at radius 3 is 2.67 bits per heavy atom. The first kappa shape index (κ1) is 15.0. The molecule has 0 spiro atoms. The van der Waals surface area contributed by atoms with Crippen LogP contribution in [0, 0.1) is 0 Å². The fourth-order valence-electron chi connectivity index (χ4n) is 2.92. The monoisotopic (exact) mass is 335 g/mol. The van der Waals surface area contributed by atoms with Gasteiger partial charge < -0.3 is 0 Å². The molecule has 0 N–H and O–H groups in total. The van der Waals surface area contributed by atoms with Crippen LogP contribution in [-0.4, -0.2) is 12.0 Å². The second-order valence-corrected chi connectivity index (χ2v) is 6.43. The van der Waals surface area contributed by atoms with Crippen molar-refractivity contribution in [2.24, 2.45) is 4.40 Å². The third-order valence-electron chi connectivity index (χ3n) is 3.86. The normalized spacial score (nSPS) is 19.6. The molecular formula is C17H15Cl2NS. The second-order valence-electron chi connectivity index (χ2n) is 5.07. The van der Waals surface area contributed by atoms with Crippen molar-refractivity contribution in [1.82, 2.24) is 0 Å². The van der Waals surface area contributed by atoms with E-state index in [1.807, 2.05) is 18.4 Å². The highest BCUT2D eigenvalue weighted by Gasteiger charge is 2.25. The highest BCUT2D eigenvalue weighted by molar-refractivity contribution is 7.97. The maximum absolute atomic E-state index is 6.18. The van der Waals surface area contributed by atoms with Gasteiger partial charge in [-0.1, -0.05) is 53.5 Å². The van der Waals surface area contributed by atoms with Crippen LogP contribution in [0.2, 0.25) is 10.0 Å². The Morgan fingerprint density at radius 1 is 1.10 bits per heavy atom. The van der Waals surface area contributed by atoms with Crippen LogP contribution in [0.4, 0.5) is 0 Å². The summed E-state index contributed by atoms with van der Waals surface area (Å²) in [6.45, 7) is 0. The molecule has 4 heteroatoms. The van der Waals surface area contributed by atoms with E-state index in [4.69, 9.17) is 23.2 Å². The summed E-state index contributed by atoms with van der Waals surface area (Å²) >= 11 is 13.7. The van der Waals surface area contributed by atoms with Gasteiger partial charge in [-0.2, -0.15) is 0 Å². The zero-order valence-corrected chi connectivity index (χ0v) is 14.0. The fourth-order valence-corrected chi connectivity index (χ4v) is 3.63. The predicted octanol–water partition coefficient (Wildman–Crippen LogP) is 5.99. The topological polar surface area (TPSA) is 12.4 Å². The number of hydrogen-bond donors (Lipinski definition) is 0. The van der Waals surface area contributed by atoms with Crippen molar-refractivity contribution in [2.75, 3.05) is 6.26 Å². The minimum atomic E-state index is 0.358. The van der Waals surface area contributed by atoms with E-state index in [9.17, 15) is 0 Å². The zero-order valence-electron chi connectivity index (χ0n) is 11.6. The third-order valence-corrected chi connectivity index (χ3v) is 5.01. The summed E-state index contributed by atoms with van der Waals surface area (Å²) in [5.74, 6) is 0.358. The Kier molecular flexibility index (Phi) is 4.58. The molecule has 1 atom stereocenters. The quantitative estimate of drug-likeness (QED) is 0.614. The zero-order chi connectivity index (χ0) is 14.8. The molecule has 2 aromatic rings.